The Hall–Kier alpha value is -2.87. The van der Waals surface area contributed by atoms with Crippen molar-refractivity contribution in [2.45, 2.75) is 26.4 Å². The van der Waals surface area contributed by atoms with Gasteiger partial charge in [-0.1, -0.05) is 48.5 Å². The Bertz CT molecular complexity index is 926. The van der Waals surface area contributed by atoms with Crippen LogP contribution < -0.4 is 4.74 Å². The first-order chi connectivity index (χ1) is 12.2. The van der Waals surface area contributed by atoms with Crippen molar-refractivity contribution in [1.82, 2.24) is 0 Å². The fourth-order valence-corrected chi connectivity index (χ4v) is 3.45. The molecule has 2 heteroatoms. The predicted octanol–water partition coefficient (Wildman–Crippen LogP) is 5.37. The Morgan fingerprint density at radius 3 is 2.56 bits per heavy atom. The molecule has 3 aromatic carbocycles. The Balaban J connectivity index is 1.55. The Morgan fingerprint density at radius 2 is 1.72 bits per heavy atom. The van der Waals surface area contributed by atoms with Gasteiger partial charge in [0, 0.05) is 12.0 Å². The monoisotopic (exact) mass is 328 g/mol. The standard InChI is InChI=1S/C23H20O2/c1-16-19(8-5-9-21(16)17-6-3-2-4-7-17)15-25-20-11-12-22-18(14-20)10-13-23(22)24/h2-9,11-12,14H,10,13,15H2,1H3. The van der Waals surface area contributed by atoms with Gasteiger partial charge < -0.3 is 4.74 Å². The van der Waals surface area contributed by atoms with Gasteiger partial charge in [-0.3, -0.25) is 4.79 Å². The second-order valence-corrected chi connectivity index (χ2v) is 6.49. The summed E-state index contributed by atoms with van der Waals surface area (Å²) in [5, 5.41) is 0. The fourth-order valence-electron chi connectivity index (χ4n) is 3.45. The summed E-state index contributed by atoms with van der Waals surface area (Å²) < 4.78 is 6.01. The van der Waals surface area contributed by atoms with E-state index < -0.39 is 0 Å². The van der Waals surface area contributed by atoms with Gasteiger partial charge in [-0.2, -0.15) is 0 Å². The van der Waals surface area contributed by atoms with Crippen LogP contribution in [-0.2, 0) is 13.0 Å². The Morgan fingerprint density at radius 1 is 0.880 bits per heavy atom. The van der Waals surface area contributed by atoms with E-state index in [1.807, 2.05) is 24.3 Å². The zero-order valence-electron chi connectivity index (χ0n) is 14.3. The number of Topliss-reactive ketones (excluding diaryl/α,β-unsaturated/α-hetero) is 1. The summed E-state index contributed by atoms with van der Waals surface area (Å²) in [4.78, 5) is 11.7. The minimum atomic E-state index is 0.243. The number of benzene rings is 3. The van der Waals surface area contributed by atoms with Gasteiger partial charge in [0.1, 0.15) is 12.4 Å². The van der Waals surface area contributed by atoms with E-state index in [4.69, 9.17) is 4.74 Å². The maximum absolute atomic E-state index is 11.7. The number of hydrogen-bond acceptors (Lipinski definition) is 2. The summed E-state index contributed by atoms with van der Waals surface area (Å²) in [5.41, 5.74) is 6.84. The van der Waals surface area contributed by atoms with Crippen molar-refractivity contribution in [3.8, 4) is 16.9 Å². The van der Waals surface area contributed by atoms with Crippen molar-refractivity contribution < 1.29 is 9.53 Å². The lowest BCUT2D eigenvalue weighted by Crippen LogP contribution is -2.00. The lowest BCUT2D eigenvalue weighted by molar-refractivity contribution is 0.0994. The van der Waals surface area contributed by atoms with E-state index in [0.717, 1.165) is 23.3 Å². The van der Waals surface area contributed by atoms with Crippen LogP contribution in [0.25, 0.3) is 11.1 Å². The Kier molecular flexibility index (Phi) is 4.10. The molecule has 1 aliphatic rings. The molecule has 3 aromatic rings. The van der Waals surface area contributed by atoms with Gasteiger partial charge in [0.2, 0.25) is 0 Å². The highest BCUT2D eigenvalue weighted by molar-refractivity contribution is 6.00. The van der Waals surface area contributed by atoms with Crippen LogP contribution in [0, 0.1) is 6.92 Å². The van der Waals surface area contributed by atoms with Gasteiger partial charge in [0.25, 0.3) is 0 Å². The van der Waals surface area contributed by atoms with Crippen LogP contribution in [0.2, 0.25) is 0 Å². The van der Waals surface area contributed by atoms with Crippen molar-refractivity contribution in [2.24, 2.45) is 0 Å². The van der Waals surface area contributed by atoms with Gasteiger partial charge in [-0.25, -0.2) is 0 Å². The summed E-state index contributed by atoms with van der Waals surface area (Å²) in [6, 6.07) is 22.6. The average molecular weight is 328 g/mol. The fraction of sp³-hybridized carbons (Fsp3) is 0.174. The van der Waals surface area contributed by atoms with E-state index in [2.05, 4.69) is 49.4 Å². The molecular formula is C23H20O2. The minimum absolute atomic E-state index is 0.243. The predicted molar refractivity (Wildman–Crippen MR) is 100 cm³/mol. The quantitative estimate of drug-likeness (QED) is 0.643. The summed E-state index contributed by atoms with van der Waals surface area (Å²) in [6.07, 6.45) is 1.45. The number of fused-ring (bicyclic) bond motifs is 1. The van der Waals surface area contributed by atoms with Crippen LogP contribution in [-0.4, -0.2) is 5.78 Å². The van der Waals surface area contributed by atoms with E-state index in [0.29, 0.717) is 13.0 Å². The number of hydrogen-bond donors (Lipinski definition) is 0. The molecule has 0 bridgehead atoms. The minimum Gasteiger partial charge on any atom is -0.489 e. The molecule has 0 heterocycles. The van der Waals surface area contributed by atoms with E-state index in [9.17, 15) is 4.79 Å². The molecule has 2 nitrogen and oxygen atoms in total. The SMILES string of the molecule is Cc1c(COc2ccc3c(c2)CCC3=O)cccc1-c1ccccc1. The average Bonchev–Trinajstić information content (AvgIpc) is 3.02. The smallest absolute Gasteiger partial charge is 0.163 e. The molecule has 124 valence electrons. The zero-order valence-corrected chi connectivity index (χ0v) is 14.3. The van der Waals surface area contributed by atoms with Crippen LogP contribution >= 0.6 is 0 Å². The van der Waals surface area contributed by atoms with Crippen molar-refractivity contribution in [2.75, 3.05) is 0 Å². The summed E-state index contributed by atoms with van der Waals surface area (Å²) in [7, 11) is 0. The molecule has 0 amide bonds. The molecule has 0 aliphatic heterocycles. The van der Waals surface area contributed by atoms with Crippen molar-refractivity contribution in [3.05, 3.63) is 89.0 Å². The molecule has 0 fully saturated rings. The molecule has 0 atom stereocenters. The van der Waals surface area contributed by atoms with E-state index >= 15 is 0 Å². The first-order valence-corrected chi connectivity index (χ1v) is 8.65. The molecular weight excluding hydrogens is 308 g/mol. The topological polar surface area (TPSA) is 26.3 Å². The highest BCUT2D eigenvalue weighted by Crippen LogP contribution is 2.28. The van der Waals surface area contributed by atoms with Crippen molar-refractivity contribution in [1.29, 1.82) is 0 Å². The molecule has 0 N–H and O–H groups in total. The van der Waals surface area contributed by atoms with Crippen LogP contribution in [0.5, 0.6) is 5.75 Å². The molecule has 0 radical (unpaired) electrons. The van der Waals surface area contributed by atoms with Crippen molar-refractivity contribution >= 4 is 5.78 Å². The number of carbonyl (C=O) groups is 1. The van der Waals surface area contributed by atoms with Crippen LogP contribution in [0.15, 0.2) is 66.7 Å². The Labute approximate surface area is 148 Å². The molecule has 0 unspecified atom stereocenters. The largest absolute Gasteiger partial charge is 0.489 e. The second kappa shape index (κ2) is 6.56. The van der Waals surface area contributed by atoms with Gasteiger partial charge in [0.15, 0.2) is 5.78 Å². The maximum Gasteiger partial charge on any atom is 0.163 e. The first-order valence-electron chi connectivity index (χ1n) is 8.65. The van der Waals surface area contributed by atoms with Crippen LogP contribution in [0.3, 0.4) is 0 Å². The summed E-state index contributed by atoms with van der Waals surface area (Å²) >= 11 is 0. The molecule has 1 aliphatic carbocycles. The van der Waals surface area contributed by atoms with Crippen LogP contribution in [0.4, 0.5) is 0 Å². The first kappa shape index (κ1) is 15.6. The maximum atomic E-state index is 11.7. The molecule has 0 saturated heterocycles. The zero-order chi connectivity index (χ0) is 17.2. The second-order valence-electron chi connectivity index (χ2n) is 6.49. The van der Waals surface area contributed by atoms with Gasteiger partial charge in [-0.15, -0.1) is 0 Å². The third-order valence-electron chi connectivity index (χ3n) is 4.92. The summed E-state index contributed by atoms with van der Waals surface area (Å²) in [6.45, 7) is 2.67. The third-order valence-corrected chi connectivity index (χ3v) is 4.92. The van der Waals surface area contributed by atoms with Crippen molar-refractivity contribution in [3.63, 3.8) is 0 Å². The van der Waals surface area contributed by atoms with Gasteiger partial charge >= 0.3 is 0 Å². The normalized spacial score (nSPS) is 12.9. The molecule has 0 spiro atoms. The third kappa shape index (κ3) is 3.08. The lowest BCUT2D eigenvalue weighted by Gasteiger charge is -2.13. The molecule has 25 heavy (non-hydrogen) atoms. The number of ether oxygens (including phenoxy) is 1. The number of aryl methyl sites for hydroxylation is 1. The van der Waals surface area contributed by atoms with Crippen LogP contribution in [0.1, 0.15) is 33.5 Å². The highest BCUT2D eigenvalue weighted by Gasteiger charge is 2.19. The number of rotatable bonds is 4. The number of carbonyl (C=O) groups excluding carboxylic acids is 1. The number of ketones is 1. The van der Waals surface area contributed by atoms with E-state index in [-0.39, 0.29) is 5.78 Å². The van der Waals surface area contributed by atoms with Gasteiger partial charge in [0.05, 0.1) is 0 Å². The lowest BCUT2D eigenvalue weighted by atomic mass is 9.97. The molecule has 4 rings (SSSR count). The molecule has 0 saturated carbocycles. The van der Waals surface area contributed by atoms with Gasteiger partial charge in [-0.05, 0) is 59.4 Å². The highest BCUT2D eigenvalue weighted by atomic mass is 16.5. The molecule has 0 aromatic heterocycles. The van der Waals surface area contributed by atoms with E-state index in [1.165, 1.54) is 22.3 Å². The summed E-state index contributed by atoms with van der Waals surface area (Å²) in [5.74, 6) is 1.07. The van der Waals surface area contributed by atoms with E-state index in [1.54, 1.807) is 0 Å².